The Labute approximate surface area is 148 Å². The van der Waals surface area contributed by atoms with Crippen molar-refractivity contribution in [3.05, 3.63) is 59.2 Å². The van der Waals surface area contributed by atoms with Crippen molar-refractivity contribution in [3.8, 4) is 0 Å². The summed E-state index contributed by atoms with van der Waals surface area (Å²) >= 11 is 1.33. The molecule has 0 bridgehead atoms. The second-order valence-corrected chi connectivity index (χ2v) is 6.41. The average molecular weight is 365 g/mol. The van der Waals surface area contributed by atoms with E-state index in [4.69, 9.17) is 4.74 Å². The maximum Gasteiger partial charge on any atom is 0.316 e. The number of anilines is 1. The Balaban J connectivity index is 1.78. The number of benzene rings is 2. The van der Waals surface area contributed by atoms with Crippen LogP contribution in [0.15, 0.2) is 41.3 Å². The number of nitrogens with one attached hydrogen (secondary N) is 1. The fraction of sp³-hybridized carbons (Fsp3) is 0.222. The Hall–Kier alpha value is -2.41. The topological polar surface area (TPSA) is 55.4 Å². The van der Waals surface area contributed by atoms with Gasteiger partial charge in [0.05, 0.1) is 5.75 Å². The minimum Gasteiger partial charge on any atom is -0.455 e. The first-order valence-corrected chi connectivity index (χ1v) is 8.44. The number of amides is 1. The SMILES string of the molecule is Cc1ccc(C)c(SCC(=O)OCC(=O)Nc2ccc(F)c(F)c2)c1. The highest BCUT2D eigenvalue weighted by Crippen LogP contribution is 2.23. The molecule has 0 saturated carbocycles. The van der Waals surface area contributed by atoms with Crippen molar-refractivity contribution in [2.45, 2.75) is 18.7 Å². The normalized spacial score (nSPS) is 10.4. The lowest BCUT2D eigenvalue weighted by molar-refractivity contribution is -0.144. The summed E-state index contributed by atoms with van der Waals surface area (Å²) in [6.45, 7) is 3.41. The van der Waals surface area contributed by atoms with Gasteiger partial charge in [0.2, 0.25) is 0 Å². The van der Waals surface area contributed by atoms with E-state index in [1.165, 1.54) is 17.8 Å². The lowest BCUT2D eigenvalue weighted by Gasteiger charge is -2.08. The zero-order valence-electron chi connectivity index (χ0n) is 13.8. The summed E-state index contributed by atoms with van der Waals surface area (Å²) in [7, 11) is 0. The maximum absolute atomic E-state index is 13.1. The summed E-state index contributed by atoms with van der Waals surface area (Å²) in [5, 5.41) is 2.33. The van der Waals surface area contributed by atoms with Crippen molar-refractivity contribution in [2.24, 2.45) is 0 Å². The van der Waals surface area contributed by atoms with Crippen molar-refractivity contribution in [1.82, 2.24) is 0 Å². The molecule has 2 aromatic carbocycles. The molecule has 2 aromatic rings. The van der Waals surface area contributed by atoms with Crippen LogP contribution in [0.4, 0.5) is 14.5 Å². The molecule has 0 aliphatic carbocycles. The monoisotopic (exact) mass is 365 g/mol. The molecule has 0 saturated heterocycles. The Kier molecular flexibility index (Phi) is 6.52. The van der Waals surface area contributed by atoms with Gasteiger partial charge < -0.3 is 10.1 Å². The van der Waals surface area contributed by atoms with E-state index in [-0.39, 0.29) is 11.4 Å². The van der Waals surface area contributed by atoms with Gasteiger partial charge in [-0.3, -0.25) is 9.59 Å². The number of thioether (sulfide) groups is 1. The summed E-state index contributed by atoms with van der Waals surface area (Å²) in [4.78, 5) is 24.4. The lowest BCUT2D eigenvalue weighted by atomic mass is 10.2. The van der Waals surface area contributed by atoms with Crippen LogP contribution < -0.4 is 5.32 Å². The maximum atomic E-state index is 13.1. The van der Waals surface area contributed by atoms with E-state index in [9.17, 15) is 18.4 Å². The van der Waals surface area contributed by atoms with Gasteiger partial charge in [0, 0.05) is 16.6 Å². The number of ether oxygens (including phenoxy) is 1. The van der Waals surface area contributed by atoms with Crippen molar-refractivity contribution in [3.63, 3.8) is 0 Å². The number of hydrogen-bond acceptors (Lipinski definition) is 4. The van der Waals surface area contributed by atoms with Crippen LogP contribution in [0.2, 0.25) is 0 Å². The molecule has 25 heavy (non-hydrogen) atoms. The van der Waals surface area contributed by atoms with Gasteiger partial charge in [-0.2, -0.15) is 0 Å². The van der Waals surface area contributed by atoms with Crippen LogP contribution in [0.3, 0.4) is 0 Å². The lowest BCUT2D eigenvalue weighted by Crippen LogP contribution is -2.21. The van der Waals surface area contributed by atoms with E-state index in [1.54, 1.807) is 0 Å². The van der Waals surface area contributed by atoms with Gasteiger partial charge in [-0.05, 0) is 37.6 Å². The first-order chi connectivity index (χ1) is 11.8. The molecule has 0 fully saturated rings. The number of halogens is 2. The molecule has 0 aromatic heterocycles. The number of carbonyl (C=O) groups is 2. The molecule has 0 atom stereocenters. The average Bonchev–Trinajstić information content (AvgIpc) is 2.57. The van der Waals surface area contributed by atoms with Gasteiger partial charge in [-0.1, -0.05) is 17.7 Å². The number of esters is 1. The summed E-state index contributed by atoms with van der Waals surface area (Å²) in [5.74, 6) is -3.17. The molecule has 7 heteroatoms. The third-order valence-corrected chi connectivity index (χ3v) is 4.39. The summed E-state index contributed by atoms with van der Waals surface area (Å²) < 4.78 is 30.7. The molecule has 0 radical (unpaired) electrons. The fourth-order valence-corrected chi connectivity index (χ4v) is 2.88. The largest absolute Gasteiger partial charge is 0.455 e. The van der Waals surface area contributed by atoms with E-state index in [2.05, 4.69) is 5.32 Å². The first-order valence-electron chi connectivity index (χ1n) is 7.45. The van der Waals surface area contributed by atoms with E-state index >= 15 is 0 Å². The smallest absolute Gasteiger partial charge is 0.316 e. The standard InChI is InChI=1S/C18H17F2NO3S/c1-11-3-4-12(2)16(7-11)25-10-18(23)24-9-17(22)21-13-5-6-14(19)15(20)8-13/h3-8H,9-10H2,1-2H3,(H,21,22). The van der Waals surface area contributed by atoms with E-state index in [1.807, 2.05) is 32.0 Å². The summed E-state index contributed by atoms with van der Waals surface area (Å²) in [5.41, 5.74) is 2.23. The number of carbonyl (C=O) groups excluding carboxylic acids is 2. The Bertz CT molecular complexity index is 796. The van der Waals surface area contributed by atoms with Crippen LogP contribution in [-0.2, 0) is 14.3 Å². The van der Waals surface area contributed by atoms with E-state index in [0.29, 0.717) is 0 Å². The predicted molar refractivity (Wildman–Crippen MR) is 92.6 cm³/mol. The highest BCUT2D eigenvalue weighted by molar-refractivity contribution is 8.00. The van der Waals surface area contributed by atoms with Crippen LogP contribution in [0, 0.1) is 25.5 Å². The third-order valence-electron chi connectivity index (χ3n) is 3.26. The highest BCUT2D eigenvalue weighted by atomic mass is 32.2. The van der Waals surface area contributed by atoms with Crippen LogP contribution in [-0.4, -0.2) is 24.2 Å². The molecule has 0 aliphatic heterocycles. The molecule has 0 unspecified atom stereocenters. The number of aryl methyl sites for hydroxylation is 2. The molecule has 1 amide bonds. The molecule has 0 spiro atoms. The van der Waals surface area contributed by atoms with Gasteiger partial charge in [-0.15, -0.1) is 11.8 Å². The zero-order valence-corrected chi connectivity index (χ0v) is 14.6. The van der Waals surface area contributed by atoms with Crippen LogP contribution in [0.5, 0.6) is 0 Å². The van der Waals surface area contributed by atoms with Gasteiger partial charge in [0.25, 0.3) is 5.91 Å². The number of hydrogen-bond donors (Lipinski definition) is 1. The molecule has 1 N–H and O–H groups in total. The minimum atomic E-state index is -1.07. The van der Waals surface area contributed by atoms with E-state index < -0.39 is 30.1 Å². The van der Waals surface area contributed by atoms with E-state index in [0.717, 1.165) is 28.2 Å². The van der Waals surface area contributed by atoms with Gasteiger partial charge >= 0.3 is 5.97 Å². The second-order valence-electron chi connectivity index (χ2n) is 5.40. The Morgan fingerprint density at radius 2 is 1.84 bits per heavy atom. The van der Waals surface area contributed by atoms with Crippen molar-refractivity contribution < 1.29 is 23.1 Å². The fourth-order valence-electron chi connectivity index (χ4n) is 1.96. The first kappa shape index (κ1) is 18.9. The summed E-state index contributed by atoms with van der Waals surface area (Å²) in [6.07, 6.45) is 0. The Morgan fingerprint density at radius 3 is 2.56 bits per heavy atom. The quantitative estimate of drug-likeness (QED) is 0.624. The molecule has 4 nitrogen and oxygen atoms in total. The second kappa shape index (κ2) is 8.62. The van der Waals surface area contributed by atoms with Gasteiger partial charge in [0.15, 0.2) is 18.2 Å². The molecule has 0 aliphatic rings. The summed E-state index contributed by atoms with van der Waals surface area (Å²) in [6, 6.07) is 8.90. The van der Waals surface area contributed by atoms with Crippen LogP contribution in [0.1, 0.15) is 11.1 Å². The molecule has 2 rings (SSSR count). The van der Waals surface area contributed by atoms with Crippen LogP contribution >= 0.6 is 11.8 Å². The number of rotatable bonds is 6. The highest BCUT2D eigenvalue weighted by Gasteiger charge is 2.11. The predicted octanol–water partition coefficient (Wildman–Crippen LogP) is 3.86. The van der Waals surface area contributed by atoms with Crippen molar-refractivity contribution in [1.29, 1.82) is 0 Å². The Morgan fingerprint density at radius 1 is 1.08 bits per heavy atom. The molecular weight excluding hydrogens is 348 g/mol. The van der Waals surface area contributed by atoms with Crippen LogP contribution in [0.25, 0.3) is 0 Å². The van der Waals surface area contributed by atoms with Gasteiger partial charge in [0.1, 0.15) is 0 Å². The van der Waals surface area contributed by atoms with Gasteiger partial charge in [-0.25, -0.2) is 8.78 Å². The third kappa shape index (κ3) is 5.86. The van der Waals surface area contributed by atoms with Crippen molar-refractivity contribution >= 4 is 29.3 Å². The molecule has 132 valence electrons. The van der Waals surface area contributed by atoms with Crippen molar-refractivity contribution in [2.75, 3.05) is 17.7 Å². The minimum absolute atomic E-state index is 0.0722. The molecular formula is C18H17F2NO3S. The zero-order chi connectivity index (χ0) is 18.4. The molecule has 0 heterocycles.